The number of halogens is 1. The summed E-state index contributed by atoms with van der Waals surface area (Å²) in [7, 11) is 0. The van der Waals surface area contributed by atoms with Crippen LogP contribution in [0.25, 0.3) is 5.65 Å². The van der Waals surface area contributed by atoms with E-state index in [-0.39, 0.29) is 11.2 Å². The van der Waals surface area contributed by atoms with Crippen molar-refractivity contribution >= 4 is 45.0 Å². The first-order valence-corrected chi connectivity index (χ1v) is 11.7. The predicted molar refractivity (Wildman–Crippen MR) is 138 cm³/mol. The molecule has 3 aromatic heterocycles. The van der Waals surface area contributed by atoms with Crippen LogP contribution in [0.2, 0.25) is 0 Å². The molecule has 9 heteroatoms. The Balaban J connectivity index is 1.64. The van der Waals surface area contributed by atoms with Crippen LogP contribution < -0.4 is 10.2 Å². The number of carboxylic acids is 1. The Labute approximate surface area is 210 Å². The molecule has 0 bridgehead atoms. The lowest BCUT2D eigenvalue weighted by Gasteiger charge is -2.26. The van der Waals surface area contributed by atoms with Gasteiger partial charge in [-0.2, -0.15) is 9.61 Å². The maximum Gasteiger partial charge on any atom is 0.341 e. The van der Waals surface area contributed by atoms with Crippen molar-refractivity contribution in [3.63, 3.8) is 0 Å². The zero-order chi connectivity index (χ0) is 24.2. The molecule has 174 valence electrons. The highest BCUT2D eigenvalue weighted by molar-refractivity contribution is 9.10. The number of carboxylic acid groups (broad SMARTS) is 1. The largest absolute Gasteiger partial charge is 0.477 e. The summed E-state index contributed by atoms with van der Waals surface area (Å²) in [5.41, 5.74) is 2.50. The average molecular weight is 529 g/mol. The van der Waals surface area contributed by atoms with Crippen LogP contribution in [-0.2, 0) is 13.1 Å². The molecular formula is C26H21BrN6O2. The van der Waals surface area contributed by atoms with Gasteiger partial charge < -0.3 is 15.3 Å². The minimum Gasteiger partial charge on any atom is -0.477 e. The summed E-state index contributed by atoms with van der Waals surface area (Å²) in [5, 5.41) is 17.3. The second-order valence-electron chi connectivity index (χ2n) is 7.90. The van der Waals surface area contributed by atoms with Crippen LogP contribution in [0.4, 0.5) is 17.5 Å². The van der Waals surface area contributed by atoms with Gasteiger partial charge in [-0.15, -0.1) is 0 Å². The van der Waals surface area contributed by atoms with Gasteiger partial charge in [0.25, 0.3) is 0 Å². The van der Waals surface area contributed by atoms with Gasteiger partial charge in [-0.25, -0.2) is 14.8 Å². The third kappa shape index (κ3) is 5.15. The minimum atomic E-state index is -1.09. The van der Waals surface area contributed by atoms with Crippen molar-refractivity contribution in [1.29, 1.82) is 0 Å². The van der Waals surface area contributed by atoms with E-state index in [9.17, 15) is 9.90 Å². The Morgan fingerprint density at radius 2 is 1.54 bits per heavy atom. The first-order chi connectivity index (χ1) is 17.1. The number of nitrogens with one attached hydrogen (secondary N) is 1. The van der Waals surface area contributed by atoms with Crippen LogP contribution in [0.1, 0.15) is 21.5 Å². The van der Waals surface area contributed by atoms with E-state index in [1.807, 2.05) is 60.7 Å². The third-order valence-electron chi connectivity index (χ3n) is 5.41. The van der Waals surface area contributed by atoms with E-state index in [1.165, 1.54) is 6.20 Å². The number of aromatic nitrogens is 4. The van der Waals surface area contributed by atoms with E-state index in [0.717, 1.165) is 11.1 Å². The van der Waals surface area contributed by atoms with Crippen molar-refractivity contribution in [1.82, 2.24) is 19.6 Å². The van der Waals surface area contributed by atoms with Crippen LogP contribution >= 0.6 is 15.9 Å². The fourth-order valence-corrected chi connectivity index (χ4v) is 4.17. The number of fused-ring (bicyclic) bond motifs is 1. The summed E-state index contributed by atoms with van der Waals surface area (Å²) >= 11 is 3.38. The molecule has 0 aliphatic rings. The average Bonchev–Trinajstić information content (AvgIpc) is 3.29. The lowest BCUT2D eigenvalue weighted by molar-refractivity contribution is 0.0698. The van der Waals surface area contributed by atoms with Gasteiger partial charge in [0.15, 0.2) is 5.65 Å². The molecule has 35 heavy (non-hydrogen) atoms. The van der Waals surface area contributed by atoms with Crippen molar-refractivity contribution in [2.45, 2.75) is 13.1 Å². The Morgan fingerprint density at radius 3 is 2.14 bits per heavy atom. The van der Waals surface area contributed by atoms with E-state index in [4.69, 9.17) is 0 Å². The summed E-state index contributed by atoms with van der Waals surface area (Å²) in [6, 6.07) is 27.6. The number of aromatic carboxylic acids is 1. The highest BCUT2D eigenvalue weighted by Crippen LogP contribution is 2.27. The van der Waals surface area contributed by atoms with Crippen LogP contribution in [0, 0.1) is 0 Å². The Kier molecular flexibility index (Phi) is 6.40. The van der Waals surface area contributed by atoms with Gasteiger partial charge in [-0.1, -0.05) is 66.7 Å². The maximum atomic E-state index is 11.9. The first-order valence-electron chi connectivity index (χ1n) is 10.9. The number of rotatable bonds is 8. The molecule has 0 spiro atoms. The SMILES string of the molecule is O=C(O)c1cnn2c(N(Cc3ccccc3)Cc3ccccc3)cc(Nc3cccc(Br)n3)nc12. The topological polar surface area (TPSA) is 95.6 Å². The number of hydrogen-bond donors (Lipinski definition) is 2. The standard InChI is InChI=1S/C26H21BrN6O2/c27-21-12-7-13-22(29-21)30-23-14-24(33-25(31-23)20(15-28-33)26(34)35)32(16-18-8-3-1-4-9-18)17-19-10-5-2-6-11-19/h1-15H,16-17H2,(H,34,35)(H,29,30,31). The molecule has 0 aliphatic carbocycles. The molecule has 2 N–H and O–H groups in total. The molecule has 3 heterocycles. The van der Waals surface area contributed by atoms with E-state index in [1.54, 1.807) is 4.52 Å². The van der Waals surface area contributed by atoms with E-state index >= 15 is 0 Å². The summed E-state index contributed by atoms with van der Waals surface area (Å²) in [6.07, 6.45) is 1.33. The summed E-state index contributed by atoms with van der Waals surface area (Å²) in [6.45, 7) is 1.18. The van der Waals surface area contributed by atoms with Crippen LogP contribution in [-0.4, -0.2) is 30.7 Å². The number of benzene rings is 2. The molecule has 0 atom stereocenters. The zero-order valence-corrected chi connectivity index (χ0v) is 20.1. The normalized spacial score (nSPS) is 10.9. The van der Waals surface area contributed by atoms with Crippen LogP contribution in [0.3, 0.4) is 0 Å². The van der Waals surface area contributed by atoms with Crippen LogP contribution in [0.15, 0.2) is 95.7 Å². The van der Waals surface area contributed by atoms with Gasteiger partial charge >= 0.3 is 5.97 Å². The van der Waals surface area contributed by atoms with E-state index < -0.39 is 5.97 Å². The second-order valence-corrected chi connectivity index (χ2v) is 8.71. The molecule has 0 fully saturated rings. The molecular weight excluding hydrogens is 508 g/mol. The van der Waals surface area contributed by atoms with Crippen molar-refractivity contribution in [2.75, 3.05) is 10.2 Å². The predicted octanol–water partition coefficient (Wildman–Crippen LogP) is 5.54. The molecule has 0 saturated heterocycles. The fourth-order valence-electron chi connectivity index (χ4n) is 3.82. The van der Waals surface area contributed by atoms with Gasteiger partial charge in [-0.3, -0.25) is 0 Å². The van der Waals surface area contributed by atoms with Gasteiger partial charge in [0.1, 0.15) is 27.6 Å². The van der Waals surface area contributed by atoms with Gasteiger partial charge in [0.05, 0.1) is 6.20 Å². The molecule has 0 saturated carbocycles. The van der Waals surface area contributed by atoms with Crippen molar-refractivity contribution in [2.24, 2.45) is 0 Å². The van der Waals surface area contributed by atoms with Gasteiger partial charge in [-0.05, 0) is 39.2 Å². The number of hydrogen-bond acceptors (Lipinski definition) is 6. The first kappa shape index (κ1) is 22.5. The van der Waals surface area contributed by atoms with Gasteiger partial charge in [0.2, 0.25) is 0 Å². The number of anilines is 3. The third-order valence-corrected chi connectivity index (χ3v) is 5.85. The van der Waals surface area contributed by atoms with E-state index in [0.29, 0.717) is 35.1 Å². The Bertz CT molecular complexity index is 1430. The number of nitrogens with zero attached hydrogens (tertiary/aromatic N) is 5. The van der Waals surface area contributed by atoms with E-state index in [2.05, 4.69) is 65.5 Å². The minimum absolute atomic E-state index is 0.0245. The number of carbonyl (C=O) groups is 1. The molecule has 0 unspecified atom stereocenters. The maximum absolute atomic E-state index is 11.9. The van der Waals surface area contributed by atoms with Crippen molar-refractivity contribution < 1.29 is 9.90 Å². The zero-order valence-electron chi connectivity index (χ0n) is 18.5. The number of pyridine rings is 1. The molecule has 5 aromatic rings. The van der Waals surface area contributed by atoms with Crippen LogP contribution in [0.5, 0.6) is 0 Å². The molecule has 8 nitrogen and oxygen atoms in total. The summed E-state index contributed by atoms with van der Waals surface area (Å²) in [4.78, 5) is 23.0. The molecule has 0 aliphatic heterocycles. The Morgan fingerprint density at radius 1 is 0.886 bits per heavy atom. The van der Waals surface area contributed by atoms with Crippen molar-refractivity contribution in [3.8, 4) is 0 Å². The monoisotopic (exact) mass is 528 g/mol. The summed E-state index contributed by atoms with van der Waals surface area (Å²) < 4.78 is 2.25. The Hall–Kier alpha value is -4.24. The molecule has 2 aromatic carbocycles. The molecule has 0 radical (unpaired) electrons. The molecule has 0 amide bonds. The molecule has 5 rings (SSSR count). The highest BCUT2D eigenvalue weighted by atomic mass is 79.9. The summed E-state index contributed by atoms with van der Waals surface area (Å²) in [5.74, 6) is 0.657. The lowest BCUT2D eigenvalue weighted by Crippen LogP contribution is -2.25. The lowest BCUT2D eigenvalue weighted by atomic mass is 10.1. The van der Waals surface area contributed by atoms with Crippen molar-refractivity contribution in [3.05, 3.63) is 112 Å². The smallest absolute Gasteiger partial charge is 0.341 e. The fraction of sp³-hybridized carbons (Fsp3) is 0.0769. The highest BCUT2D eigenvalue weighted by Gasteiger charge is 2.20. The quantitative estimate of drug-likeness (QED) is 0.255. The van der Waals surface area contributed by atoms with Gasteiger partial charge in [0, 0.05) is 19.2 Å². The second kappa shape index (κ2) is 9.94.